The summed E-state index contributed by atoms with van der Waals surface area (Å²) in [6.45, 7) is 8.47. The van der Waals surface area contributed by atoms with Crippen LogP contribution in [0.4, 0.5) is 13.2 Å². The molecule has 1 heterocycles. The molecule has 1 aromatic heterocycles. The highest BCUT2D eigenvalue weighted by atomic mass is 127. The summed E-state index contributed by atoms with van der Waals surface area (Å²) in [4.78, 5) is 10.0. The number of hydrogen-bond acceptors (Lipinski definition) is 4. The number of aliphatic imine (C=N–C) groups is 1. The molecule has 0 atom stereocenters. The van der Waals surface area contributed by atoms with Crippen molar-refractivity contribution in [2.45, 2.75) is 39.4 Å². The van der Waals surface area contributed by atoms with Crippen LogP contribution in [0, 0.1) is 0 Å². The SMILES string of the molecule is CCN(CC)CCCCNC(=NC)NCc1nc(C(F)(F)F)cs1.I. The van der Waals surface area contributed by atoms with Crippen LogP contribution < -0.4 is 10.6 Å². The largest absolute Gasteiger partial charge is 0.434 e. The van der Waals surface area contributed by atoms with E-state index >= 15 is 0 Å². The fraction of sp³-hybridized carbons (Fsp3) is 0.733. The minimum atomic E-state index is -4.39. The summed E-state index contributed by atoms with van der Waals surface area (Å²) >= 11 is 0.987. The third kappa shape index (κ3) is 9.59. The molecule has 146 valence electrons. The molecule has 0 aliphatic rings. The summed E-state index contributed by atoms with van der Waals surface area (Å²) in [6.07, 6.45) is -2.29. The molecule has 0 amide bonds. The second-order valence-electron chi connectivity index (χ2n) is 5.21. The number of rotatable bonds is 9. The summed E-state index contributed by atoms with van der Waals surface area (Å²) in [6, 6.07) is 0. The quantitative estimate of drug-likeness (QED) is 0.239. The lowest BCUT2D eigenvalue weighted by Crippen LogP contribution is -2.37. The number of aromatic nitrogens is 1. The Bertz CT molecular complexity index is 504. The van der Waals surface area contributed by atoms with E-state index in [0.717, 1.165) is 55.7 Å². The van der Waals surface area contributed by atoms with Gasteiger partial charge in [0.15, 0.2) is 11.7 Å². The van der Waals surface area contributed by atoms with Crippen LogP contribution in [0.15, 0.2) is 10.4 Å². The monoisotopic (exact) mass is 493 g/mol. The van der Waals surface area contributed by atoms with Gasteiger partial charge in [0.25, 0.3) is 0 Å². The van der Waals surface area contributed by atoms with Gasteiger partial charge in [0.1, 0.15) is 5.01 Å². The van der Waals surface area contributed by atoms with Gasteiger partial charge in [-0.05, 0) is 32.5 Å². The van der Waals surface area contributed by atoms with Crippen molar-refractivity contribution < 1.29 is 13.2 Å². The lowest BCUT2D eigenvalue weighted by Gasteiger charge is -2.17. The minimum Gasteiger partial charge on any atom is -0.356 e. The normalized spacial score (nSPS) is 12.2. The van der Waals surface area contributed by atoms with Gasteiger partial charge in [0.2, 0.25) is 0 Å². The fourth-order valence-corrected chi connectivity index (χ4v) is 2.85. The summed E-state index contributed by atoms with van der Waals surface area (Å²) in [5.74, 6) is 0.571. The third-order valence-electron chi connectivity index (χ3n) is 3.56. The molecule has 0 aromatic carbocycles. The van der Waals surface area contributed by atoms with Crippen LogP contribution >= 0.6 is 35.3 Å². The second kappa shape index (κ2) is 12.7. The molecule has 0 saturated heterocycles. The number of halogens is 4. The highest BCUT2D eigenvalue weighted by Gasteiger charge is 2.33. The highest BCUT2D eigenvalue weighted by Crippen LogP contribution is 2.29. The molecule has 0 aliphatic heterocycles. The molecule has 0 fully saturated rings. The van der Waals surface area contributed by atoms with Crippen molar-refractivity contribution in [2.24, 2.45) is 4.99 Å². The maximum Gasteiger partial charge on any atom is 0.434 e. The smallest absolute Gasteiger partial charge is 0.356 e. The van der Waals surface area contributed by atoms with Crippen molar-refractivity contribution in [3.63, 3.8) is 0 Å². The van der Waals surface area contributed by atoms with Crippen LogP contribution in [0.25, 0.3) is 0 Å². The first-order chi connectivity index (χ1) is 11.4. The summed E-state index contributed by atoms with van der Waals surface area (Å²) < 4.78 is 37.5. The van der Waals surface area contributed by atoms with E-state index in [2.05, 4.69) is 39.4 Å². The standard InChI is InChI=1S/C15H26F3N5S.HI/c1-4-23(5-2)9-7-6-8-20-14(19-3)21-10-13-22-12(11-24-13)15(16,17)18;/h11H,4-10H2,1-3H3,(H2,19,20,21);1H. The third-order valence-corrected chi connectivity index (χ3v) is 4.41. The zero-order valence-electron chi connectivity index (χ0n) is 14.8. The van der Waals surface area contributed by atoms with Gasteiger partial charge >= 0.3 is 6.18 Å². The fourth-order valence-electron chi connectivity index (χ4n) is 2.11. The summed E-state index contributed by atoms with van der Waals surface area (Å²) in [5, 5.41) is 7.55. The van der Waals surface area contributed by atoms with Crippen molar-refractivity contribution in [3.05, 3.63) is 16.1 Å². The van der Waals surface area contributed by atoms with E-state index in [0.29, 0.717) is 11.0 Å². The summed E-state index contributed by atoms with van der Waals surface area (Å²) in [5.41, 5.74) is -0.844. The lowest BCUT2D eigenvalue weighted by atomic mass is 10.3. The van der Waals surface area contributed by atoms with Gasteiger partial charge in [-0.1, -0.05) is 13.8 Å². The maximum atomic E-state index is 12.5. The number of alkyl halides is 3. The molecular formula is C15H27F3IN5S. The van der Waals surface area contributed by atoms with Gasteiger partial charge in [-0.2, -0.15) is 13.2 Å². The topological polar surface area (TPSA) is 52.5 Å². The molecule has 2 N–H and O–H groups in total. The van der Waals surface area contributed by atoms with E-state index in [-0.39, 0.29) is 30.5 Å². The lowest BCUT2D eigenvalue weighted by molar-refractivity contribution is -0.140. The number of nitrogens with zero attached hydrogens (tertiary/aromatic N) is 3. The Morgan fingerprint density at radius 1 is 1.24 bits per heavy atom. The minimum absolute atomic E-state index is 0. The highest BCUT2D eigenvalue weighted by molar-refractivity contribution is 14.0. The van der Waals surface area contributed by atoms with Crippen molar-refractivity contribution in [1.82, 2.24) is 20.5 Å². The Morgan fingerprint density at radius 3 is 2.44 bits per heavy atom. The van der Waals surface area contributed by atoms with Crippen LogP contribution in [-0.2, 0) is 12.7 Å². The van der Waals surface area contributed by atoms with Crippen molar-refractivity contribution in [3.8, 4) is 0 Å². The van der Waals surface area contributed by atoms with E-state index in [9.17, 15) is 13.2 Å². The van der Waals surface area contributed by atoms with E-state index in [1.54, 1.807) is 7.05 Å². The Kier molecular flexibility index (Phi) is 12.4. The molecule has 1 rings (SSSR count). The first-order valence-electron chi connectivity index (χ1n) is 8.09. The average molecular weight is 493 g/mol. The number of hydrogen-bond donors (Lipinski definition) is 2. The van der Waals surface area contributed by atoms with Crippen LogP contribution in [0.5, 0.6) is 0 Å². The van der Waals surface area contributed by atoms with Gasteiger partial charge in [-0.3, -0.25) is 4.99 Å². The number of unbranched alkanes of at least 4 members (excludes halogenated alkanes) is 1. The molecule has 0 unspecified atom stereocenters. The molecule has 5 nitrogen and oxygen atoms in total. The molecule has 1 aromatic rings. The van der Waals surface area contributed by atoms with Crippen LogP contribution in [-0.4, -0.2) is 49.1 Å². The number of guanidine groups is 1. The average Bonchev–Trinajstić information content (AvgIpc) is 3.03. The summed E-state index contributed by atoms with van der Waals surface area (Å²) in [7, 11) is 1.63. The van der Waals surface area contributed by atoms with Gasteiger partial charge < -0.3 is 15.5 Å². The maximum absolute atomic E-state index is 12.5. The molecule has 0 saturated carbocycles. The van der Waals surface area contributed by atoms with Crippen molar-refractivity contribution in [1.29, 1.82) is 0 Å². The zero-order valence-corrected chi connectivity index (χ0v) is 18.0. The van der Waals surface area contributed by atoms with E-state index < -0.39 is 11.9 Å². The molecule has 25 heavy (non-hydrogen) atoms. The van der Waals surface area contributed by atoms with Gasteiger partial charge in [-0.25, -0.2) is 4.98 Å². The Hall–Kier alpha value is -0.620. The first kappa shape index (κ1) is 24.4. The van der Waals surface area contributed by atoms with Crippen molar-refractivity contribution in [2.75, 3.05) is 33.2 Å². The Labute approximate surface area is 168 Å². The number of nitrogens with one attached hydrogen (secondary N) is 2. The second-order valence-corrected chi connectivity index (χ2v) is 6.15. The molecular weight excluding hydrogens is 466 g/mol. The van der Waals surface area contributed by atoms with Gasteiger partial charge in [0, 0.05) is 19.0 Å². The van der Waals surface area contributed by atoms with Gasteiger partial charge in [0.05, 0.1) is 6.54 Å². The van der Waals surface area contributed by atoms with Crippen LogP contribution in [0.2, 0.25) is 0 Å². The van der Waals surface area contributed by atoms with E-state index in [4.69, 9.17) is 0 Å². The van der Waals surface area contributed by atoms with Crippen molar-refractivity contribution >= 4 is 41.3 Å². The predicted octanol–water partition coefficient (Wildman–Crippen LogP) is 3.57. The van der Waals surface area contributed by atoms with Gasteiger partial charge in [-0.15, -0.1) is 35.3 Å². The Balaban J connectivity index is 0.00000576. The zero-order chi connectivity index (χ0) is 18.0. The first-order valence-corrected chi connectivity index (χ1v) is 8.97. The van der Waals surface area contributed by atoms with E-state index in [1.165, 1.54) is 0 Å². The van der Waals surface area contributed by atoms with E-state index in [1.807, 2.05) is 0 Å². The Morgan fingerprint density at radius 2 is 1.92 bits per heavy atom. The van der Waals surface area contributed by atoms with Crippen LogP contribution in [0.3, 0.4) is 0 Å². The van der Waals surface area contributed by atoms with Crippen LogP contribution in [0.1, 0.15) is 37.4 Å². The predicted molar refractivity (Wildman–Crippen MR) is 108 cm³/mol. The molecule has 10 heteroatoms. The molecule has 0 aliphatic carbocycles. The molecule has 0 radical (unpaired) electrons. The molecule has 0 spiro atoms. The number of thiazole rings is 1. The molecule has 0 bridgehead atoms.